The third-order valence-electron chi connectivity index (χ3n) is 3.96. The molecule has 0 aromatic heterocycles. The highest BCUT2D eigenvalue weighted by atomic mass is 16.2. The molecule has 23 heavy (non-hydrogen) atoms. The molecule has 1 aromatic carbocycles. The molecule has 0 heterocycles. The van der Waals surface area contributed by atoms with Gasteiger partial charge in [0.15, 0.2) is 0 Å². The third kappa shape index (κ3) is 8.38. The van der Waals surface area contributed by atoms with Crippen molar-refractivity contribution in [1.29, 1.82) is 0 Å². The Morgan fingerprint density at radius 1 is 0.913 bits per heavy atom. The van der Waals surface area contributed by atoms with Gasteiger partial charge in [-0.25, -0.2) is 0 Å². The first-order valence-electron chi connectivity index (χ1n) is 8.76. The summed E-state index contributed by atoms with van der Waals surface area (Å²) in [7, 11) is 0. The van der Waals surface area contributed by atoms with Crippen LogP contribution in [-0.4, -0.2) is 24.9 Å². The van der Waals surface area contributed by atoms with Gasteiger partial charge in [-0.15, -0.1) is 0 Å². The molecule has 4 heteroatoms. The number of unbranched alkanes of at least 4 members (excludes halogenated alkanes) is 5. The van der Waals surface area contributed by atoms with Crippen LogP contribution in [0.1, 0.15) is 63.9 Å². The van der Waals surface area contributed by atoms with Crippen LogP contribution in [0.4, 0.5) is 0 Å². The minimum absolute atomic E-state index is 0.187. The second kappa shape index (κ2) is 11.7. The Labute approximate surface area is 140 Å². The highest BCUT2D eigenvalue weighted by Gasteiger charge is 2.14. The van der Waals surface area contributed by atoms with Crippen LogP contribution in [0, 0.1) is 0 Å². The van der Waals surface area contributed by atoms with Gasteiger partial charge in [-0.1, -0.05) is 76.3 Å². The lowest BCUT2D eigenvalue weighted by Crippen LogP contribution is -2.41. The van der Waals surface area contributed by atoms with E-state index in [1.54, 1.807) is 0 Å². The Balaban J connectivity index is 2.13. The lowest BCUT2D eigenvalue weighted by Gasteiger charge is -2.13. The number of hydrogen-bond donors (Lipinski definition) is 2. The Morgan fingerprint density at radius 3 is 2.22 bits per heavy atom. The van der Waals surface area contributed by atoms with Gasteiger partial charge in [0, 0.05) is 13.1 Å². The van der Waals surface area contributed by atoms with Gasteiger partial charge in [0.1, 0.15) is 0 Å². The lowest BCUT2D eigenvalue weighted by molar-refractivity contribution is -0.139. The molecule has 0 bridgehead atoms. The lowest BCUT2D eigenvalue weighted by atomic mass is 10.0. The molecule has 1 rings (SSSR count). The number of carbonyl (C=O) groups excluding carboxylic acids is 2. The molecule has 0 saturated carbocycles. The van der Waals surface area contributed by atoms with E-state index in [0.717, 1.165) is 18.4 Å². The molecule has 0 unspecified atom stereocenters. The highest BCUT2D eigenvalue weighted by molar-refractivity contribution is 6.35. The quantitative estimate of drug-likeness (QED) is 0.513. The molecular formula is C19H30N2O2. The van der Waals surface area contributed by atoms with Crippen molar-refractivity contribution in [2.24, 2.45) is 0 Å². The first-order chi connectivity index (χ1) is 11.1. The molecule has 0 fully saturated rings. The van der Waals surface area contributed by atoms with Crippen LogP contribution in [0.3, 0.4) is 0 Å². The molecular weight excluding hydrogens is 288 g/mol. The minimum atomic E-state index is -0.543. The summed E-state index contributed by atoms with van der Waals surface area (Å²) in [5.74, 6) is -0.885. The summed E-state index contributed by atoms with van der Waals surface area (Å²) in [6, 6.07) is 9.96. The fourth-order valence-corrected chi connectivity index (χ4v) is 2.41. The molecule has 4 nitrogen and oxygen atoms in total. The molecule has 0 aliphatic heterocycles. The Bertz CT molecular complexity index is 460. The molecule has 1 aromatic rings. The largest absolute Gasteiger partial charge is 0.348 e. The maximum Gasteiger partial charge on any atom is 0.309 e. The van der Waals surface area contributed by atoms with Crippen molar-refractivity contribution in [3.8, 4) is 0 Å². The Kier molecular flexibility index (Phi) is 9.76. The van der Waals surface area contributed by atoms with Gasteiger partial charge in [0.25, 0.3) is 0 Å². The summed E-state index contributed by atoms with van der Waals surface area (Å²) in [6.07, 6.45) is 7.00. The zero-order chi connectivity index (χ0) is 16.9. The molecule has 0 saturated heterocycles. The summed E-state index contributed by atoms with van der Waals surface area (Å²) < 4.78 is 0. The van der Waals surface area contributed by atoms with E-state index in [-0.39, 0.29) is 5.92 Å². The van der Waals surface area contributed by atoms with Gasteiger partial charge < -0.3 is 10.6 Å². The van der Waals surface area contributed by atoms with E-state index >= 15 is 0 Å². The average Bonchev–Trinajstić information content (AvgIpc) is 2.59. The molecule has 0 radical (unpaired) electrons. The van der Waals surface area contributed by atoms with Crippen molar-refractivity contribution >= 4 is 11.8 Å². The van der Waals surface area contributed by atoms with Crippen molar-refractivity contribution < 1.29 is 9.59 Å². The maximum absolute atomic E-state index is 11.8. The topological polar surface area (TPSA) is 58.2 Å². The highest BCUT2D eigenvalue weighted by Crippen LogP contribution is 2.12. The minimum Gasteiger partial charge on any atom is -0.348 e. The van der Waals surface area contributed by atoms with Crippen molar-refractivity contribution in [2.45, 2.75) is 58.3 Å². The number of hydrogen-bond acceptors (Lipinski definition) is 2. The Morgan fingerprint density at radius 2 is 1.52 bits per heavy atom. The maximum atomic E-state index is 11.8. The predicted molar refractivity (Wildman–Crippen MR) is 94.3 cm³/mol. The van der Waals surface area contributed by atoms with Crippen molar-refractivity contribution in [2.75, 3.05) is 13.1 Å². The molecule has 2 N–H and O–H groups in total. The van der Waals surface area contributed by atoms with Crippen LogP contribution >= 0.6 is 0 Å². The van der Waals surface area contributed by atoms with E-state index in [0.29, 0.717) is 13.1 Å². The van der Waals surface area contributed by atoms with E-state index in [4.69, 9.17) is 0 Å². The van der Waals surface area contributed by atoms with E-state index in [9.17, 15) is 9.59 Å². The van der Waals surface area contributed by atoms with Gasteiger partial charge in [-0.05, 0) is 17.9 Å². The fraction of sp³-hybridized carbons (Fsp3) is 0.579. The Hall–Kier alpha value is -1.84. The monoisotopic (exact) mass is 318 g/mol. The molecule has 1 atom stereocenters. The van der Waals surface area contributed by atoms with E-state index in [1.165, 1.54) is 25.7 Å². The van der Waals surface area contributed by atoms with E-state index < -0.39 is 11.8 Å². The third-order valence-corrected chi connectivity index (χ3v) is 3.96. The van der Waals surface area contributed by atoms with Crippen molar-refractivity contribution in [3.63, 3.8) is 0 Å². The summed E-state index contributed by atoms with van der Waals surface area (Å²) in [5, 5.41) is 5.38. The average molecular weight is 318 g/mol. The van der Waals surface area contributed by atoms with Crippen molar-refractivity contribution in [1.82, 2.24) is 10.6 Å². The van der Waals surface area contributed by atoms with Crippen LogP contribution in [0.15, 0.2) is 30.3 Å². The summed E-state index contributed by atoms with van der Waals surface area (Å²) >= 11 is 0. The SMILES string of the molecule is CCCCCCCCNC(=O)C(=O)NC[C@H](C)c1ccccc1. The zero-order valence-corrected chi connectivity index (χ0v) is 14.4. The summed E-state index contributed by atoms with van der Waals surface area (Å²) in [4.78, 5) is 23.5. The standard InChI is InChI=1S/C19H30N2O2/c1-3-4-5-6-7-11-14-20-18(22)19(23)21-15-16(2)17-12-9-8-10-13-17/h8-10,12-13,16H,3-7,11,14-15H2,1-2H3,(H,20,22)(H,21,23)/t16-/m0/s1. The second-order valence-electron chi connectivity index (χ2n) is 6.05. The van der Waals surface area contributed by atoms with Gasteiger partial charge in [-0.2, -0.15) is 0 Å². The van der Waals surface area contributed by atoms with Crippen LogP contribution in [0.2, 0.25) is 0 Å². The normalized spacial score (nSPS) is 11.7. The van der Waals surface area contributed by atoms with Gasteiger partial charge in [0.05, 0.1) is 0 Å². The van der Waals surface area contributed by atoms with Gasteiger partial charge in [-0.3, -0.25) is 9.59 Å². The van der Waals surface area contributed by atoms with Crippen LogP contribution < -0.4 is 10.6 Å². The first-order valence-corrected chi connectivity index (χ1v) is 8.76. The summed E-state index contributed by atoms with van der Waals surface area (Å²) in [5.41, 5.74) is 1.15. The van der Waals surface area contributed by atoms with Crippen LogP contribution in [0.25, 0.3) is 0 Å². The smallest absolute Gasteiger partial charge is 0.309 e. The van der Waals surface area contributed by atoms with Crippen LogP contribution in [-0.2, 0) is 9.59 Å². The molecule has 2 amide bonds. The zero-order valence-electron chi connectivity index (χ0n) is 14.4. The number of amides is 2. The number of benzene rings is 1. The molecule has 0 aliphatic carbocycles. The van der Waals surface area contributed by atoms with Crippen molar-refractivity contribution in [3.05, 3.63) is 35.9 Å². The molecule has 128 valence electrons. The van der Waals surface area contributed by atoms with Crippen LogP contribution in [0.5, 0.6) is 0 Å². The first kappa shape index (κ1) is 19.2. The number of carbonyl (C=O) groups is 2. The molecule has 0 aliphatic rings. The van der Waals surface area contributed by atoms with Gasteiger partial charge >= 0.3 is 11.8 Å². The van der Waals surface area contributed by atoms with E-state index in [1.807, 2.05) is 37.3 Å². The van der Waals surface area contributed by atoms with Gasteiger partial charge in [0.2, 0.25) is 0 Å². The second-order valence-corrected chi connectivity index (χ2v) is 6.05. The molecule has 0 spiro atoms. The number of rotatable bonds is 10. The number of nitrogens with one attached hydrogen (secondary N) is 2. The predicted octanol–water partition coefficient (Wildman–Crippen LogP) is 3.38. The van der Waals surface area contributed by atoms with E-state index in [2.05, 4.69) is 17.6 Å². The fourth-order valence-electron chi connectivity index (χ4n) is 2.41. The summed E-state index contributed by atoms with van der Waals surface area (Å²) in [6.45, 7) is 5.27.